The maximum Gasteiger partial charge on any atom is 0.219 e. The van der Waals surface area contributed by atoms with Crippen LogP contribution in [0.4, 0.5) is 0 Å². The number of halogens is 1. The van der Waals surface area contributed by atoms with E-state index in [0.29, 0.717) is 5.88 Å². The first-order valence-electron chi connectivity index (χ1n) is 4.61. The molecule has 2 aromatic rings. The average Bonchev–Trinajstić information content (AvgIpc) is 2.25. The van der Waals surface area contributed by atoms with Gasteiger partial charge in [-0.3, -0.25) is 0 Å². The van der Waals surface area contributed by atoms with E-state index in [0.717, 1.165) is 9.32 Å². The van der Waals surface area contributed by atoms with Gasteiger partial charge < -0.3 is 4.74 Å². The standard InChI is InChI=1S/C12H10INO/c1-9-7-12(14-8-11(9)13)15-10-5-3-2-4-6-10/h2-8H,1H3. The molecule has 0 fully saturated rings. The number of nitrogens with zero attached hydrogens (tertiary/aromatic N) is 1. The Balaban J connectivity index is 2.22. The molecule has 0 aliphatic carbocycles. The highest BCUT2D eigenvalue weighted by molar-refractivity contribution is 14.1. The predicted octanol–water partition coefficient (Wildman–Crippen LogP) is 3.79. The molecule has 0 bridgehead atoms. The number of pyridine rings is 1. The summed E-state index contributed by atoms with van der Waals surface area (Å²) in [4.78, 5) is 4.20. The smallest absolute Gasteiger partial charge is 0.219 e. The van der Waals surface area contributed by atoms with Crippen LogP contribution in [0.1, 0.15) is 5.56 Å². The van der Waals surface area contributed by atoms with Crippen LogP contribution in [0.25, 0.3) is 0 Å². The third-order valence-corrected chi connectivity index (χ3v) is 3.12. The van der Waals surface area contributed by atoms with Crippen LogP contribution < -0.4 is 4.74 Å². The molecule has 2 rings (SSSR count). The molecular weight excluding hydrogens is 301 g/mol. The summed E-state index contributed by atoms with van der Waals surface area (Å²) in [6.45, 7) is 2.04. The lowest BCUT2D eigenvalue weighted by atomic mass is 10.3. The van der Waals surface area contributed by atoms with Crippen LogP contribution in [0.5, 0.6) is 11.6 Å². The summed E-state index contributed by atoms with van der Waals surface area (Å²) in [5.41, 5.74) is 1.18. The number of benzene rings is 1. The van der Waals surface area contributed by atoms with Crippen LogP contribution in [-0.2, 0) is 0 Å². The molecule has 0 atom stereocenters. The lowest BCUT2D eigenvalue weighted by molar-refractivity contribution is 0.462. The third kappa shape index (κ3) is 2.68. The van der Waals surface area contributed by atoms with E-state index in [1.807, 2.05) is 49.5 Å². The number of aromatic nitrogens is 1. The summed E-state index contributed by atoms with van der Waals surface area (Å²) in [5, 5.41) is 0. The monoisotopic (exact) mass is 311 g/mol. The predicted molar refractivity (Wildman–Crippen MR) is 68.2 cm³/mol. The normalized spacial score (nSPS) is 10.0. The van der Waals surface area contributed by atoms with E-state index in [1.54, 1.807) is 0 Å². The van der Waals surface area contributed by atoms with Crippen LogP contribution >= 0.6 is 22.6 Å². The van der Waals surface area contributed by atoms with E-state index in [9.17, 15) is 0 Å². The Labute approximate surface area is 102 Å². The van der Waals surface area contributed by atoms with Crippen molar-refractivity contribution in [1.82, 2.24) is 4.98 Å². The summed E-state index contributed by atoms with van der Waals surface area (Å²) >= 11 is 2.25. The Bertz CT molecular complexity index is 456. The van der Waals surface area contributed by atoms with Gasteiger partial charge in [-0.25, -0.2) is 4.98 Å². The van der Waals surface area contributed by atoms with Gasteiger partial charge in [0.05, 0.1) is 0 Å². The molecule has 0 aliphatic heterocycles. The van der Waals surface area contributed by atoms with E-state index in [1.165, 1.54) is 5.56 Å². The highest BCUT2D eigenvalue weighted by atomic mass is 127. The fraction of sp³-hybridized carbons (Fsp3) is 0.0833. The first-order chi connectivity index (χ1) is 7.25. The van der Waals surface area contributed by atoms with Gasteiger partial charge in [0, 0.05) is 15.8 Å². The topological polar surface area (TPSA) is 22.1 Å². The summed E-state index contributed by atoms with van der Waals surface area (Å²) in [6.07, 6.45) is 1.81. The molecule has 3 heteroatoms. The second-order valence-electron chi connectivity index (χ2n) is 3.19. The zero-order valence-electron chi connectivity index (χ0n) is 8.27. The van der Waals surface area contributed by atoms with Gasteiger partial charge in [0.1, 0.15) is 5.75 Å². The SMILES string of the molecule is Cc1cc(Oc2ccccc2)ncc1I. The average molecular weight is 311 g/mol. The van der Waals surface area contributed by atoms with Crippen molar-refractivity contribution < 1.29 is 4.74 Å². The molecule has 0 unspecified atom stereocenters. The Morgan fingerprint density at radius 1 is 1.20 bits per heavy atom. The number of aryl methyl sites for hydroxylation is 1. The molecule has 0 saturated heterocycles. The summed E-state index contributed by atoms with van der Waals surface area (Å²) < 4.78 is 6.75. The molecule has 2 nitrogen and oxygen atoms in total. The molecule has 1 heterocycles. The zero-order valence-corrected chi connectivity index (χ0v) is 10.4. The highest BCUT2D eigenvalue weighted by Gasteiger charge is 2.00. The van der Waals surface area contributed by atoms with Gasteiger partial charge in [-0.2, -0.15) is 0 Å². The van der Waals surface area contributed by atoms with Crippen LogP contribution in [0, 0.1) is 10.5 Å². The molecule has 0 amide bonds. The van der Waals surface area contributed by atoms with Crippen molar-refractivity contribution in [2.45, 2.75) is 6.92 Å². The minimum atomic E-state index is 0.638. The molecule has 1 aromatic carbocycles. The first kappa shape index (κ1) is 10.4. The van der Waals surface area contributed by atoms with Crippen LogP contribution in [0.15, 0.2) is 42.6 Å². The van der Waals surface area contributed by atoms with Crippen LogP contribution in [0.2, 0.25) is 0 Å². The second-order valence-corrected chi connectivity index (χ2v) is 4.35. The largest absolute Gasteiger partial charge is 0.439 e. The Kier molecular flexibility index (Phi) is 3.20. The summed E-state index contributed by atoms with van der Waals surface area (Å²) in [6, 6.07) is 11.6. The number of ether oxygens (including phenoxy) is 1. The molecule has 0 saturated carbocycles. The van der Waals surface area contributed by atoms with Gasteiger partial charge in [0.2, 0.25) is 5.88 Å². The van der Waals surface area contributed by atoms with Crippen molar-refractivity contribution in [3.63, 3.8) is 0 Å². The molecule has 76 valence electrons. The third-order valence-electron chi connectivity index (χ3n) is 1.99. The van der Waals surface area contributed by atoms with Crippen molar-refractivity contribution in [1.29, 1.82) is 0 Å². The number of rotatable bonds is 2. The zero-order chi connectivity index (χ0) is 10.7. The first-order valence-corrected chi connectivity index (χ1v) is 5.68. The fourth-order valence-corrected chi connectivity index (χ4v) is 1.47. The lowest BCUT2D eigenvalue weighted by Crippen LogP contribution is -1.90. The lowest BCUT2D eigenvalue weighted by Gasteiger charge is -2.05. The van der Waals surface area contributed by atoms with E-state index in [2.05, 4.69) is 27.6 Å². The Hall–Kier alpha value is -1.10. The quantitative estimate of drug-likeness (QED) is 0.787. The summed E-state index contributed by atoms with van der Waals surface area (Å²) in [5.74, 6) is 1.45. The van der Waals surface area contributed by atoms with Gasteiger partial charge in [0.15, 0.2) is 0 Å². The Morgan fingerprint density at radius 2 is 1.93 bits per heavy atom. The van der Waals surface area contributed by atoms with Gasteiger partial charge in [0.25, 0.3) is 0 Å². The minimum absolute atomic E-state index is 0.638. The molecule has 0 radical (unpaired) electrons. The van der Waals surface area contributed by atoms with Crippen molar-refractivity contribution >= 4 is 22.6 Å². The van der Waals surface area contributed by atoms with Crippen molar-refractivity contribution in [2.24, 2.45) is 0 Å². The number of hydrogen-bond donors (Lipinski definition) is 0. The maximum absolute atomic E-state index is 5.60. The molecule has 0 N–H and O–H groups in total. The second kappa shape index (κ2) is 4.61. The van der Waals surface area contributed by atoms with Crippen LogP contribution in [-0.4, -0.2) is 4.98 Å². The van der Waals surface area contributed by atoms with Gasteiger partial charge in [-0.1, -0.05) is 18.2 Å². The fourth-order valence-electron chi connectivity index (χ4n) is 1.18. The van der Waals surface area contributed by atoms with E-state index >= 15 is 0 Å². The molecule has 0 spiro atoms. The molecule has 15 heavy (non-hydrogen) atoms. The van der Waals surface area contributed by atoms with Gasteiger partial charge >= 0.3 is 0 Å². The van der Waals surface area contributed by atoms with E-state index < -0.39 is 0 Å². The highest BCUT2D eigenvalue weighted by Crippen LogP contribution is 2.21. The van der Waals surface area contributed by atoms with Crippen LogP contribution in [0.3, 0.4) is 0 Å². The molecule has 0 aliphatic rings. The van der Waals surface area contributed by atoms with Crippen molar-refractivity contribution in [2.75, 3.05) is 0 Å². The number of para-hydroxylation sites is 1. The number of hydrogen-bond acceptors (Lipinski definition) is 2. The summed E-state index contributed by atoms with van der Waals surface area (Å²) in [7, 11) is 0. The maximum atomic E-state index is 5.60. The van der Waals surface area contributed by atoms with Crippen molar-refractivity contribution in [3.05, 3.63) is 51.7 Å². The van der Waals surface area contributed by atoms with Crippen molar-refractivity contribution in [3.8, 4) is 11.6 Å². The van der Waals surface area contributed by atoms with Gasteiger partial charge in [-0.05, 0) is 47.2 Å². The van der Waals surface area contributed by atoms with E-state index in [-0.39, 0.29) is 0 Å². The van der Waals surface area contributed by atoms with E-state index in [4.69, 9.17) is 4.74 Å². The Morgan fingerprint density at radius 3 is 2.60 bits per heavy atom. The molecule has 1 aromatic heterocycles. The van der Waals surface area contributed by atoms with Gasteiger partial charge in [-0.15, -0.1) is 0 Å². The molecular formula is C12H10INO. The minimum Gasteiger partial charge on any atom is -0.439 e.